The normalized spacial score (nSPS) is 10.6. The van der Waals surface area contributed by atoms with Crippen LogP contribution >= 0.6 is 11.8 Å². The molecule has 0 atom stereocenters. The van der Waals surface area contributed by atoms with E-state index < -0.39 is 0 Å². The number of aromatic nitrogens is 2. The zero-order chi connectivity index (χ0) is 13.9. The molecule has 1 heterocycles. The Balaban J connectivity index is 1.89. The Morgan fingerprint density at radius 1 is 1.20 bits per heavy atom. The van der Waals surface area contributed by atoms with Crippen LogP contribution in [0.15, 0.2) is 53.4 Å². The van der Waals surface area contributed by atoms with E-state index in [0.29, 0.717) is 5.56 Å². The molecule has 0 aliphatic heterocycles. The van der Waals surface area contributed by atoms with Crippen LogP contribution in [0.1, 0.15) is 11.4 Å². The van der Waals surface area contributed by atoms with Crippen LogP contribution in [-0.2, 0) is 12.8 Å². The van der Waals surface area contributed by atoms with E-state index in [4.69, 9.17) is 5.26 Å². The third-order valence-electron chi connectivity index (χ3n) is 3.21. The summed E-state index contributed by atoms with van der Waals surface area (Å²) in [5, 5.41) is 8.96. The molecule has 3 aromatic rings. The van der Waals surface area contributed by atoms with Gasteiger partial charge in [-0.2, -0.15) is 5.26 Å². The Morgan fingerprint density at radius 3 is 2.75 bits per heavy atom. The summed E-state index contributed by atoms with van der Waals surface area (Å²) in [5.74, 6) is 1.83. The molecule has 0 fully saturated rings. The van der Waals surface area contributed by atoms with Crippen LogP contribution in [0, 0.1) is 11.3 Å². The van der Waals surface area contributed by atoms with Crippen molar-refractivity contribution in [1.29, 1.82) is 5.26 Å². The number of aryl methyl sites for hydroxylation is 1. The average molecular weight is 279 g/mol. The van der Waals surface area contributed by atoms with Gasteiger partial charge in [0, 0.05) is 11.9 Å². The summed E-state index contributed by atoms with van der Waals surface area (Å²) < 4.78 is 2.06. The summed E-state index contributed by atoms with van der Waals surface area (Å²) >= 11 is 1.76. The fraction of sp³-hybridized carbons (Fsp3) is 0.125. The van der Waals surface area contributed by atoms with Crippen LogP contribution in [0.25, 0.3) is 11.0 Å². The van der Waals surface area contributed by atoms with Crippen molar-refractivity contribution in [1.82, 2.24) is 9.55 Å². The van der Waals surface area contributed by atoms with Crippen LogP contribution in [-0.4, -0.2) is 9.55 Å². The molecule has 3 rings (SSSR count). The van der Waals surface area contributed by atoms with Crippen LogP contribution in [0.3, 0.4) is 0 Å². The van der Waals surface area contributed by atoms with E-state index in [2.05, 4.69) is 27.8 Å². The second-order valence-corrected chi connectivity index (χ2v) is 5.55. The summed E-state index contributed by atoms with van der Waals surface area (Å²) in [6, 6.07) is 18.1. The second-order valence-electron chi connectivity index (χ2n) is 4.50. The molecular weight excluding hydrogens is 266 g/mol. The largest absolute Gasteiger partial charge is 0.330 e. The first-order chi connectivity index (χ1) is 9.78. The maximum absolute atomic E-state index is 8.96. The molecule has 4 heteroatoms. The number of nitriles is 1. The second kappa shape index (κ2) is 5.40. The molecule has 0 unspecified atom stereocenters. The van der Waals surface area contributed by atoms with Crippen LogP contribution in [0.5, 0.6) is 0 Å². The smallest absolute Gasteiger partial charge is 0.120 e. The number of fused-ring (bicyclic) bond motifs is 1. The third kappa shape index (κ3) is 2.40. The van der Waals surface area contributed by atoms with Gasteiger partial charge in [-0.05, 0) is 30.3 Å². The molecule has 3 nitrogen and oxygen atoms in total. The minimum Gasteiger partial charge on any atom is -0.330 e. The summed E-state index contributed by atoms with van der Waals surface area (Å²) in [6.07, 6.45) is 0. The lowest BCUT2D eigenvalue weighted by Crippen LogP contribution is -1.95. The van der Waals surface area contributed by atoms with Crippen molar-refractivity contribution in [2.75, 3.05) is 0 Å². The Labute approximate surface area is 121 Å². The average Bonchev–Trinajstić information content (AvgIpc) is 2.82. The van der Waals surface area contributed by atoms with Gasteiger partial charge in [-0.1, -0.05) is 18.2 Å². The maximum Gasteiger partial charge on any atom is 0.120 e. The summed E-state index contributed by atoms with van der Waals surface area (Å²) in [7, 11) is 2.00. The van der Waals surface area contributed by atoms with Gasteiger partial charge in [0.05, 0.1) is 28.4 Å². The highest BCUT2D eigenvalue weighted by Crippen LogP contribution is 2.24. The fourth-order valence-corrected chi connectivity index (χ4v) is 3.01. The van der Waals surface area contributed by atoms with Gasteiger partial charge < -0.3 is 4.57 Å². The SMILES string of the molecule is Cn1c(CSc2ccccc2)nc2ccc(C#N)cc21. The summed E-state index contributed by atoms with van der Waals surface area (Å²) in [6.45, 7) is 0. The van der Waals surface area contributed by atoms with E-state index in [0.717, 1.165) is 22.6 Å². The molecule has 0 spiro atoms. The van der Waals surface area contributed by atoms with E-state index in [9.17, 15) is 0 Å². The number of nitrogens with zero attached hydrogens (tertiary/aromatic N) is 3. The summed E-state index contributed by atoms with van der Waals surface area (Å²) in [4.78, 5) is 5.87. The topological polar surface area (TPSA) is 41.6 Å². The zero-order valence-corrected chi connectivity index (χ0v) is 11.9. The Kier molecular flexibility index (Phi) is 3.44. The van der Waals surface area contributed by atoms with E-state index in [1.165, 1.54) is 4.90 Å². The highest BCUT2D eigenvalue weighted by Gasteiger charge is 2.08. The molecule has 2 aromatic carbocycles. The van der Waals surface area contributed by atoms with E-state index in [1.807, 2.05) is 43.4 Å². The summed E-state index contributed by atoms with van der Waals surface area (Å²) in [5.41, 5.74) is 2.62. The Bertz CT molecular complexity index is 785. The first-order valence-electron chi connectivity index (χ1n) is 6.31. The molecule has 0 saturated heterocycles. The van der Waals surface area contributed by atoms with Gasteiger partial charge >= 0.3 is 0 Å². The van der Waals surface area contributed by atoms with Gasteiger partial charge in [0.15, 0.2) is 0 Å². The molecule has 0 amide bonds. The molecule has 0 radical (unpaired) electrons. The van der Waals surface area contributed by atoms with Crippen molar-refractivity contribution in [3.05, 3.63) is 59.9 Å². The minimum atomic E-state index is 0.669. The minimum absolute atomic E-state index is 0.669. The molecule has 20 heavy (non-hydrogen) atoms. The third-order valence-corrected chi connectivity index (χ3v) is 4.22. The lowest BCUT2D eigenvalue weighted by molar-refractivity contribution is 0.876. The lowest BCUT2D eigenvalue weighted by Gasteiger charge is -2.02. The number of benzene rings is 2. The fourth-order valence-electron chi connectivity index (χ4n) is 2.10. The van der Waals surface area contributed by atoms with Gasteiger partial charge in [0.25, 0.3) is 0 Å². The van der Waals surface area contributed by atoms with Crippen molar-refractivity contribution >= 4 is 22.8 Å². The van der Waals surface area contributed by atoms with Gasteiger partial charge in [-0.25, -0.2) is 4.98 Å². The van der Waals surface area contributed by atoms with Crippen LogP contribution < -0.4 is 0 Å². The number of rotatable bonds is 3. The number of hydrogen-bond acceptors (Lipinski definition) is 3. The molecule has 0 N–H and O–H groups in total. The highest BCUT2D eigenvalue weighted by molar-refractivity contribution is 7.98. The molecule has 0 saturated carbocycles. The first kappa shape index (κ1) is 12.8. The van der Waals surface area contributed by atoms with Gasteiger partial charge in [0.2, 0.25) is 0 Å². The molecule has 98 valence electrons. The van der Waals surface area contributed by atoms with Gasteiger partial charge in [0.1, 0.15) is 5.82 Å². The predicted molar refractivity (Wildman–Crippen MR) is 81.4 cm³/mol. The molecule has 0 aliphatic rings. The Morgan fingerprint density at radius 2 is 2.00 bits per heavy atom. The number of imidazole rings is 1. The van der Waals surface area contributed by atoms with E-state index >= 15 is 0 Å². The van der Waals surface area contributed by atoms with Gasteiger partial charge in [-0.15, -0.1) is 11.8 Å². The van der Waals surface area contributed by atoms with Crippen LogP contribution in [0.2, 0.25) is 0 Å². The lowest BCUT2D eigenvalue weighted by atomic mass is 10.2. The predicted octanol–water partition coefficient (Wildman–Crippen LogP) is 3.74. The van der Waals surface area contributed by atoms with Crippen molar-refractivity contribution < 1.29 is 0 Å². The van der Waals surface area contributed by atoms with Crippen molar-refractivity contribution in [3.63, 3.8) is 0 Å². The van der Waals surface area contributed by atoms with E-state index in [-0.39, 0.29) is 0 Å². The first-order valence-corrected chi connectivity index (χ1v) is 7.30. The van der Waals surface area contributed by atoms with Crippen molar-refractivity contribution in [2.45, 2.75) is 10.6 Å². The molecule has 1 aromatic heterocycles. The standard InChI is InChI=1S/C16H13N3S/c1-19-15-9-12(10-17)7-8-14(15)18-16(19)11-20-13-5-3-2-4-6-13/h2-9H,11H2,1H3. The van der Waals surface area contributed by atoms with Gasteiger partial charge in [-0.3, -0.25) is 0 Å². The molecule has 0 aliphatic carbocycles. The zero-order valence-electron chi connectivity index (χ0n) is 11.1. The maximum atomic E-state index is 8.96. The Hall–Kier alpha value is -2.25. The van der Waals surface area contributed by atoms with Crippen LogP contribution in [0.4, 0.5) is 0 Å². The number of hydrogen-bond donors (Lipinski definition) is 0. The number of thioether (sulfide) groups is 1. The monoisotopic (exact) mass is 279 g/mol. The quantitative estimate of drug-likeness (QED) is 0.686. The molecular formula is C16H13N3S. The van der Waals surface area contributed by atoms with Crippen molar-refractivity contribution in [3.8, 4) is 6.07 Å². The highest BCUT2D eigenvalue weighted by atomic mass is 32.2. The van der Waals surface area contributed by atoms with E-state index in [1.54, 1.807) is 11.8 Å². The molecule has 0 bridgehead atoms. The van der Waals surface area contributed by atoms with Crippen molar-refractivity contribution in [2.24, 2.45) is 7.05 Å².